The zero-order valence-electron chi connectivity index (χ0n) is 22.6. The van der Waals surface area contributed by atoms with Crippen LogP contribution < -0.4 is 0 Å². The monoisotopic (exact) mass is 534 g/mol. The van der Waals surface area contributed by atoms with E-state index < -0.39 is 5.60 Å². The maximum atomic E-state index is 5.55. The van der Waals surface area contributed by atoms with Gasteiger partial charge in [-0.3, -0.25) is 0 Å². The molecule has 0 atom stereocenters. The van der Waals surface area contributed by atoms with Crippen LogP contribution in [-0.2, 0) is 32.5 Å². The first kappa shape index (κ1) is 45.0. The Morgan fingerprint density at radius 2 is 1.24 bits per heavy atom. The predicted octanol–water partition coefficient (Wildman–Crippen LogP) is 8.84. The van der Waals surface area contributed by atoms with Crippen molar-refractivity contribution >= 4 is 11.6 Å². The Hall–Kier alpha value is -1.96. The van der Waals surface area contributed by atoms with E-state index in [1.165, 1.54) is 32.8 Å². The van der Waals surface area contributed by atoms with Gasteiger partial charge in [0.2, 0.25) is 0 Å². The summed E-state index contributed by atoms with van der Waals surface area (Å²) in [7, 11) is 3.13. The second-order valence-electron chi connectivity index (χ2n) is 8.53. The number of hydrogen-bond acceptors (Lipinski definition) is 5. The molecule has 0 aromatic carbocycles. The standard InChI is InChI=1S/C11H18O4.C7H10O3.C6H12.C2H6.4CH4/c1-8-6-9(2)14-10(13-8)15-11(3,4)7-12-5;1-5-4-6(2)10-7(8-3)9-5;1-6-4-2-3-5-6;1-2;;;;/h6H,7H2,1-5H3;4H,1-3H3;6H,2-5H2,1H3;1-2H3;4*1H4. The molecule has 0 bridgehead atoms. The summed E-state index contributed by atoms with van der Waals surface area (Å²) in [5.41, 5.74) is -0.470. The third-order valence-corrected chi connectivity index (χ3v) is 4.45. The maximum absolute atomic E-state index is 5.55. The number of ether oxygens (including phenoxy) is 5. The van der Waals surface area contributed by atoms with Crippen molar-refractivity contribution in [3.63, 3.8) is 0 Å². The number of ketones is 2. The Morgan fingerprint density at radius 3 is 1.57 bits per heavy atom. The van der Waals surface area contributed by atoms with Crippen LogP contribution in [0, 0.1) is 18.9 Å². The zero-order chi connectivity index (χ0) is 25.4. The number of rotatable bonds is 5. The van der Waals surface area contributed by atoms with Crippen molar-refractivity contribution in [2.45, 2.75) is 123 Å². The third-order valence-electron chi connectivity index (χ3n) is 4.45. The minimum absolute atomic E-state index is 0. The van der Waals surface area contributed by atoms with Crippen molar-refractivity contribution in [1.29, 1.82) is 0 Å². The smallest absolute Gasteiger partial charge is 0.455 e. The van der Waals surface area contributed by atoms with E-state index in [2.05, 4.69) is 6.92 Å². The van der Waals surface area contributed by atoms with Gasteiger partial charge in [0.15, 0.2) is 11.6 Å². The molecule has 2 heterocycles. The second-order valence-corrected chi connectivity index (χ2v) is 8.53. The van der Waals surface area contributed by atoms with Gasteiger partial charge in [0.05, 0.1) is 23.7 Å². The van der Waals surface area contributed by atoms with E-state index in [4.69, 9.17) is 32.5 Å². The van der Waals surface area contributed by atoms with Crippen molar-refractivity contribution in [2.24, 2.45) is 5.92 Å². The summed E-state index contributed by atoms with van der Waals surface area (Å²) in [6.45, 7) is 18.3. The lowest BCUT2D eigenvalue weighted by Gasteiger charge is -2.27. The number of methoxy groups -OCH3 is 2. The first-order chi connectivity index (χ1) is 15.5. The van der Waals surface area contributed by atoms with Crippen LogP contribution in [0.3, 0.4) is 0 Å². The van der Waals surface area contributed by atoms with E-state index in [1.54, 1.807) is 19.3 Å². The average molecular weight is 535 g/mol. The Labute approximate surface area is 230 Å². The van der Waals surface area contributed by atoms with Gasteiger partial charge in [0, 0.05) is 14.2 Å². The quantitative estimate of drug-likeness (QED) is 0.260. The number of carbonyl (C=O) groups excluding carboxylic acids is 2. The van der Waals surface area contributed by atoms with Gasteiger partial charge in [-0.2, -0.15) is 0 Å². The largest absolute Gasteiger partial charge is 0.509 e. The van der Waals surface area contributed by atoms with Gasteiger partial charge in [0.25, 0.3) is 0 Å². The van der Waals surface area contributed by atoms with Gasteiger partial charge in [-0.15, -0.1) is 0 Å². The summed E-state index contributed by atoms with van der Waals surface area (Å²) in [6, 6.07) is 0. The molecule has 224 valence electrons. The Kier molecular flexibility index (Phi) is 29.6. The van der Waals surface area contributed by atoms with Crippen LogP contribution >= 0.6 is 0 Å². The molecule has 7 heteroatoms. The van der Waals surface area contributed by atoms with Crippen LogP contribution in [0.5, 0.6) is 0 Å². The van der Waals surface area contributed by atoms with Gasteiger partial charge in [-0.05, 0) is 59.6 Å². The van der Waals surface area contributed by atoms with Crippen LogP contribution in [0.1, 0.15) is 118 Å². The van der Waals surface area contributed by atoms with Crippen molar-refractivity contribution in [3.05, 3.63) is 36.6 Å². The first-order valence-corrected chi connectivity index (χ1v) is 11.8. The second kappa shape index (κ2) is 24.4. The minimum atomic E-state index is -0.470. The van der Waals surface area contributed by atoms with Crippen LogP contribution in [-0.4, -0.2) is 38.0 Å². The number of allylic oxidation sites excluding steroid dienone is 4. The molecule has 3 aliphatic rings. The Balaban J connectivity index is -0.000000136. The summed E-state index contributed by atoms with van der Waals surface area (Å²) in [5.74, 6) is 4.11. The molecule has 2 aliphatic heterocycles. The molecule has 0 saturated heterocycles. The summed E-state index contributed by atoms with van der Waals surface area (Å²) in [6.07, 6.45) is 9.54. The Bertz CT molecular complexity index is 657. The summed E-state index contributed by atoms with van der Waals surface area (Å²) >= 11 is 0. The van der Waals surface area contributed by atoms with Crippen LogP contribution in [0.4, 0.5) is 0 Å². The molecule has 3 rings (SSSR count). The molecule has 0 aromatic heterocycles. The van der Waals surface area contributed by atoms with Gasteiger partial charge in [0.1, 0.15) is 0 Å². The van der Waals surface area contributed by atoms with Gasteiger partial charge in [-0.1, -0.05) is 76.2 Å². The summed E-state index contributed by atoms with van der Waals surface area (Å²) in [4.78, 5) is 0. The molecule has 0 N–H and O–H groups in total. The topological polar surface area (TPSA) is 68.8 Å². The lowest BCUT2D eigenvalue weighted by molar-refractivity contribution is -0.553. The number of hydrogen-bond donors (Lipinski definition) is 0. The average Bonchev–Trinajstić information content (AvgIpc) is 3.19. The van der Waals surface area contributed by atoms with E-state index in [9.17, 15) is 0 Å². The maximum Gasteiger partial charge on any atom is 0.509 e. The van der Waals surface area contributed by atoms with E-state index in [0.29, 0.717) is 6.61 Å². The summed E-state index contributed by atoms with van der Waals surface area (Å²) in [5, 5.41) is 0. The molecule has 0 amide bonds. The lowest BCUT2D eigenvalue weighted by atomic mass is 10.1. The zero-order valence-corrected chi connectivity index (χ0v) is 22.6. The van der Waals surface area contributed by atoms with Gasteiger partial charge >= 0.3 is 13.0 Å². The molecular formula is C30H62O7. The molecule has 0 spiro atoms. The molecule has 1 fully saturated rings. The highest BCUT2D eigenvalue weighted by Gasteiger charge is 2.29. The molecule has 0 aromatic rings. The first-order valence-electron chi connectivity index (χ1n) is 11.8. The molecular weight excluding hydrogens is 472 g/mol. The van der Waals surface area contributed by atoms with E-state index in [0.717, 1.165) is 29.0 Å². The SMILES string of the molecule is C.C.C.C.CC.CC1CCCC1.COCC(C)(C)O[C-]1OC(C)=CC(C)=[O+]1.CO[C-]1OC(C)=CC(C)=[O+]1. The van der Waals surface area contributed by atoms with E-state index in [1.807, 2.05) is 55.4 Å². The van der Waals surface area contributed by atoms with Gasteiger partial charge in [-0.25, -0.2) is 0 Å². The van der Waals surface area contributed by atoms with Gasteiger partial charge < -0.3 is 32.5 Å². The minimum Gasteiger partial charge on any atom is -0.455 e. The molecule has 0 unspecified atom stereocenters. The highest BCUT2D eigenvalue weighted by Crippen LogP contribution is 2.23. The molecule has 1 saturated carbocycles. The highest BCUT2D eigenvalue weighted by atomic mass is 16.8. The van der Waals surface area contributed by atoms with E-state index in [-0.39, 0.29) is 42.7 Å². The van der Waals surface area contributed by atoms with Crippen molar-refractivity contribution in [1.82, 2.24) is 0 Å². The van der Waals surface area contributed by atoms with Crippen molar-refractivity contribution < 1.29 is 32.5 Å². The van der Waals surface area contributed by atoms with Crippen LogP contribution in [0.25, 0.3) is 0 Å². The van der Waals surface area contributed by atoms with Crippen molar-refractivity contribution in [3.8, 4) is 0 Å². The fourth-order valence-electron chi connectivity index (χ4n) is 3.12. The van der Waals surface area contributed by atoms with Crippen LogP contribution in [0.15, 0.2) is 23.7 Å². The van der Waals surface area contributed by atoms with Crippen molar-refractivity contribution in [2.75, 3.05) is 20.8 Å². The molecule has 0 radical (unpaired) electrons. The molecule has 1 aliphatic carbocycles. The third kappa shape index (κ3) is 21.8. The fourth-order valence-corrected chi connectivity index (χ4v) is 3.12. The normalized spacial score (nSPS) is 16.0. The Morgan fingerprint density at radius 1 is 0.838 bits per heavy atom. The summed E-state index contributed by atoms with van der Waals surface area (Å²) < 4.78 is 35.9. The predicted molar refractivity (Wildman–Crippen MR) is 157 cm³/mol. The highest BCUT2D eigenvalue weighted by molar-refractivity contribution is 5.88. The molecule has 7 nitrogen and oxygen atoms in total. The fraction of sp³-hybridized carbons (Fsp3) is 0.733. The molecule has 37 heavy (non-hydrogen) atoms. The lowest BCUT2D eigenvalue weighted by Crippen LogP contribution is -2.34. The van der Waals surface area contributed by atoms with Crippen LogP contribution in [0.2, 0.25) is 0 Å². The van der Waals surface area contributed by atoms with E-state index >= 15 is 0 Å².